The van der Waals surface area contributed by atoms with Gasteiger partial charge in [-0.1, -0.05) is 18.2 Å². The molecular weight excluding hydrogens is 330 g/mol. The van der Waals surface area contributed by atoms with E-state index in [0.717, 1.165) is 28.3 Å². The lowest BCUT2D eigenvalue weighted by Gasteiger charge is -2.30. The summed E-state index contributed by atoms with van der Waals surface area (Å²) < 4.78 is 12.9. The number of para-hydroxylation sites is 1. The van der Waals surface area contributed by atoms with Crippen LogP contribution in [0.1, 0.15) is 22.5 Å². The second kappa shape index (κ2) is 7.91. The standard InChI is InChI=1S/C20H27N3O3/c1-14-18(15(2)22(3)21-14)12-23(9-10-25-4)20(24)17-11-16-7-5-6-8-19(16)26-13-17/h5-8,17H,9-13H2,1-4H3/t17-/m1/s1. The number of methoxy groups -OCH3 is 1. The van der Waals surface area contributed by atoms with Gasteiger partial charge in [-0.25, -0.2) is 0 Å². The van der Waals surface area contributed by atoms with Crippen LogP contribution in [0, 0.1) is 19.8 Å². The Balaban J connectivity index is 1.78. The van der Waals surface area contributed by atoms with Gasteiger partial charge in [0.25, 0.3) is 0 Å². The maximum Gasteiger partial charge on any atom is 0.229 e. The average Bonchev–Trinajstić information content (AvgIpc) is 2.89. The molecule has 1 amide bonds. The first-order valence-electron chi connectivity index (χ1n) is 8.98. The number of carbonyl (C=O) groups excluding carboxylic acids is 1. The molecule has 2 aromatic rings. The van der Waals surface area contributed by atoms with Gasteiger partial charge in [0.15, 0.2) is 0 Å². The maximum absolute atomic E-state index is 13.2. The van der Waals surface area contributed by atoms with E-state index >= 15 is 0 Å². The third-order valence-electron chi connectivity index (χ3n) is 5.11. The van der Waals surface area contributed by atoms with Gasteiger partial charge in [-0.15, -0.1) is 0 Å². The molecule has 6 heteroatoms. The van der Waals surface area contributed by atoms with Crippen LogP contribution in [-0.2, 0) is 29.5 Å². The van der Waals surface area contributed by atoms with E-state index in [4.69, 9.17) is 9.47 Å². The molecular formula is C20H27N3O3. The number of carbonyl (C=O) groups is 1. The zero-order chi connectivity index (χ0) is 18.7. The third-order valence-corrected chi connectivity index (χ3v) is 5.11. The molecule has 1 aliphatic heterocycles. The van der Waals surface area contributed by atoms with E-state index in [1.165, 1.54) is 0 Å². The van der Waals surface area contributed by atoms with Gasteiger partial charge >= 0.3 is 0 Å². The van der Waals surface area contributed by atoms with Gasteiger partial charge < -0.3 is 14.4 Å². The smallest absolute Gasteiger partial charge is 0.229 e. The van der Waals surface area contributed by atoms with Crippen molar-refractivity contribution in [2.75, 3.05) is 26.9 Å². The molecule has 1 aromatic carbocycles. The van der Waals surface area contributed by atoms with Crippen molar-refractivity contribution in [1.29, 1.82) is 0 Å². The van der Waals surface area contributed by atoms with Gasteiger partial charge in [0.2, 0.25) is 5.91 Å². The Morgan fingerprint density at radius 2 is 2.15 bits per heavy atom. The Hall–Kier alpha value is -2.34. The molecule has 6 nitrogen and oxygen atoms in total. The first kappa shape index (κ1) is 18.5. The number of benzene rings is 1. The highest BCUT2D eigenvalue weighted by Gasteiger charge is 2.30. The number of hydrogen-bond acceptors (Lipinski definition) is 4. The van der Waals surface area contributed by atoms with E-state index in [9.17, 15) is 4.79 Å². The van der Waals surface area contributed by atoms with Crippen molar-refractivity contribution < 1.29 is 14.3 Å². The molecule has 1 aromatic heterocycles. The number of amides is 1. The Morgan fingerprint density at radius 1 is 1.38 bits per heavy atom. The molecule has 0 bridgehead atoms. The van der Waals surface area contributed by atoms with Crippen LogP contribution in [0.2, 0.25) is 0 Å². The van der Waals surface area contributed by atoms with Gasteiger partial charge in [-0.05, 0) is 31.9 Å². The monoisotopic (exact) mass is 357 g/mol. The van der Waals surface area contributed by atoms with Gasteiger partial charge in [0.1, 0.15) is 12.4 Å². The van der Waals surface area contributed by atoms with E-state index in [0.29, 0.717) is 32.7 Å². The predicted octanol–water partition coefficient (Wildman–Crippen LogP) is 2.26. The van der Waals surface area contributed by atoms with Crippen LogP contribution in [-0.4, -0.2) is 47.5 Å². The van der Waals surface area contributed by atoms with Gasteiger partial charge in [0.05, 0.1) is 18.2 Å². The normalized spacial score (nSPS) is 16.1. The average molecular weight is 357 g/mol. The fourth-order valence-electron chi connectivity index (χ4n) is 3.45. The summed E-state index contributed by atoms with van der Waals surface area (Å²) in [7, 11) is 3.59. The van der Waals surface area contributed by atoms with Crippen LogP contribution in [0.25, 0.3) is 0 Å². The lowest BCUT2D eigenvalue weighted by atomic mass is 9.95. The fraction of sp³-hybridized carbons (Fsp3) is 0.500. The SMILES string of the molecule is COCCN(Cc1c(C)nn(C)c1C)C(=O)[C@H]1COc2ccccc2C1. The quantitative estimate of drug-likeness (QED) is 0.796. The molecule has 0 radical (unpaired) electrons. The molecule has 0 N–H and O–H groups in total. The Labute approximate surface area is 154 Å². The lowest BCUT2D eigenvalue weighted by Crippen LogP contribution is -2.42. The maximum atomic E-state index is 13.2. The van der Waals surface area contributed by atoms with Crippen molar-refractivity contribution in [3.05, 3.63) is 46.8 Å². The second-order valence-electron chi connectivity index (χ2n) is 6.85. The van der Waals surface area contributed by atoms with Crippen LogP contribution in [0.3, 0.4) is 0 Å². The summed E-state index contributed by atoms with van der Waals surface area (Å²) >= 11 is 0. The highest BCUT2D eigenvalue weighted by molar-refractivity contribution is 5.80. The van der Waals surface area contributed by atoms with Crippen molar-refractivity contribution >= 4 is 5.91 Å². The predicted molar refractivity (Wildman–Crippen MR) is 99.1 cm³/mol. The van der Waals surface area contributed by atoms with E-state index in [1.54, 1.807) is 7.11 Å². The van der Waals surface area contributed by atoms with Crippen molar-refractivity contribution in [3.8, 4) is 5.75 Å². The van der Waals surface area contributed by atoms with E-state index in [2.05, 4.69) is 5.10 Å². The number of rotatable bonds is 6. The molecule has 140 valence electrons. The van der Waals surface area contributed by atoms with Crippen LogP contribution in [0.5, 0.6) is 5.75 Å². The van der Waals surface area contributed by atoms with E-state index < -0.39 is 0 Å². The van der Waals surface area contributed by atoms with E-state index in [1.807, 2.05) is 54.7 Å². The molecule has 0 saturated heterocycles. The van der Waals surface area contributed by atoms with Crippen molar-refractivity contribution in [1.82, 2.24) is 14.7 Å². The van der Waals surface area contributed by atoms with Crippen molar-refractivity contribution in [2.24, 2.45) is 13.0 Å². The Bertz CT molecular complexity index is 785. The van der Waals surface area contributed by atoms with Crippen LogP contribution in [0.15, 0.2) is 24.3 Å². The second-order valence-corrected chi connectivity index (χ2v) is 6.85. The molecule has 3 rings (SSSR count). The molecule has 0 unspecified atom stereocenters. The van der Waals surface area contributed by atoms with Crippen LogP contribution < -0.4 is 4.74 Å². The molecule has 0 saturated carbocycles. The number of nitrogens with zero attached hydrogens (tertiary/aromatic N) is 3. The molecule has 0 aliphatic carbocycles. The van der Waals surface area contributed by atoms with Gasteiger partial charge in [-0.2, -0.15) is 5.10 Å². The zero-order valence-corrected chi connectivity index (χ0v) is 16.0. The Kier molecular flexibility index (Phi) is 5.61. The highest BCUT2D eigenvalue weighted by Crippen LogP contribution is 2.28. The molecule has 26 heavy (non-hydrogen) atoms. The fourth-order valence-corrected chi connectivity index (χ4v) is 3.45. The zero-order valence-electron chi connectivity index (χ0n) is 16.0. The highest BCUT2D eigenvalue weighted by atomic mass is 16.5. The van der Waals surface area contributed by atoms with Crippen molar-refractivity contribution in [3.63, 3.8) is 0 Å². The number of fused-ring (bicyclic) bond motifs is 1. The van der Waals surface area contributed by atoms with Gasteiger partial charge in [0, 0.05) is 38.5 Å². The molecule has 0 fully saturated rings. The number of aromatic nitrogens is 2. The van der Waals surface area contributed by atoms with E-state index in [-0.39, 0.29) is 11.8 Å². The summed E-state index contributed by atoms with van der Waals surface area (Å²) in [6, 6.07) is 7.94. The topological polar surface area (TPSA) is 56.6 Å². The molecule has 2 heterocycles. The minimum absolute atomic E-state index is 0.110. The summed E-state index contributed by atoms with van der Waals surface area (Å²) in [4.78, 5) is 15.1. The first-order chi connectivity index (χ1) is 12.5. The summed E-state index contributed by atoms with van der Waals surface area (Å²) in [6.45, 7) is 6.06. The summed E-state index contributed by atoms with van der Waals surface area (Å²) in [5.74, 6) is 0.831. The first-order valence-corrected chi connectivity index (χ1v) is 8.98. The van der Waals surface area contributed by atoms with Gasteiger partial charge in [-0.3, -0.25) is 9.48 Å². The summed E-state index contributed by atoms with van der Waals surface area (Å²) in [6.07, 6.45) is 0.712. The number of aryl methyl sites for hydroxylation is 2. The summed E-state index contributed by atoms with van der Waals surface area (Å²) in [5.41, 5.74) is 4.25. The molecule has 0 spiro atoms. The Morgan fingerprint density at radius 3 is 2.85 bits per heavy atom. The lowest BCUT2D eigenvalue weighted by molar-refractivity contribution is -0.138. The minimum atomic E-state index is -0.168. The minimum Gasteiger partial charge on any atom is -0.492 e. The third kappa shape index (κ3) is 3.75. The van der Waals surface area contributed by atoms with Crippen LogP contribution >= 0.6 is 0 Å². The number of hydrogen-bond donors (Lipinski definition) is 0. The molecule has 1 aliphatic rings. The van der Waals surface area contributed by atoms with Crippen LogP contribution in [0.4, 0.5) is 0 Å². The largest absolute Gasteiger partial charge is 0.492 e. The van der Waals surface area contributed by atoms with Crippen molar-refractivity contribution in [2.45, 2.75) is 26.8 Å². The number of ether oxygens (including phenoxy) is 2. The molecule has 1 atom stereocenters. The summed E-state index contributed by atoms with van der Waals surface area (Å²) in [5, 5.41) is 4.47.